The molecule has 261 valence electrons. The lowest BCUT2D eigenvalue weighted by Crippen LogP contribution is -2.25. The largest absolute Gasteiger partial charge is 0.493 e. The minimum atomic E-state index is 0.517. The fourth-order valence-electron chi connectivity index (χ4n) is 5.90. The number of rotatable bonds is 22. The molecule has 0 atom stereocenters. The zero-order valence-electron chi connectivity index (χ0n) is 29.9. The number of nitrogens with zero attached hydrogens (tertiary/aromatic N) is 4. The number of aryl methyl sites for hydroxylation is 1. The fourth-order valence-corrected chi connectivity index (χ4v) is 6.03. The number of imidazole rings is 1. The molecule has 0 amide bonds. The highest BCUT2D eigenvalue weighted by molar-refractivity contribution is 6.30. The monoisotopic (exact) mass is 675 g/mol. The third kappa shape index (κ3) is 10.4. The summed E-state index contributed by atoms with van der Waals surface area (Å²) in [6.45, 7) is 23.5. The Balaban J connectivity index is 1.71. The van der Waals surface area contributed by atoms with Gasteiger partial charge in [0.05, 0.1) is 25.3 Å². The lowest BCUT2D eigenvalue weighted by atomic mass is 10.1. The van der Waals surface area contributed by atoms with Gasteiger partial charge in [-0.1, -0.05) is 76.9 Å². The lowest BCUT2D eigenvalue weighted by Gasteiger charge is -2.21. The molecule has 0 unspecified atom stereocenters. The van der Waals surface area contributed by atoms with Crippen LogP contribution in [0.25, 0.3) is 22.4 Å². The van der Waals surface area contributed by atoms with Gasteiger partial charge >= 0.3 is 0 Å². The summed E-state index contributed by atoms with van der Waals surface area (Å²) in [5.74, 6) is 3.36. The quantitative estimate of drug-likeness (QED) is 0.0774. The molecule has 48 heavy (non-hydrogen) atoms. The van der Waals surface area contributed by atoms with Gasteiger partial charge in [-0.05, 0) is 76.1 Å². The topological polar surface area (TPSA) is 52.0 Å². The number of hydrogen-bond acceptors (Lipinski definition) is 6. The summed E-state index contributed by atoms with van der Waals surface area (Å²) >= 11 is 6.12. The second kappa shape index (κ2) is 19.7. The van der Waals surface area contributed by atoms with Crippen molar-refractivity contribution in [3.8, 4) is 28.6 Å². The highest BCUT2D eigenvalue weighted by Crippen LogP contribution is 2.37. The second-order valence-corrected chi connectivity index (χ2v) is 12.6. The molecule has 0 aliphatic heterocycles. The fraction of sp³-hybridized carbons (Fsp3) is 0.500. The average molecular weight is 676 g/mol. The first-order valence-electron chi connectivity index (χ1n) is 18.0. The summed E-state index contributed by atoms with van der Waals surface area (Å²) in [6.07, 6.45) is 4.55. The van der Waals surface area contributed by atoms with Crippen LogP contribution >= 0.6 is 11.6 Å². The van der Waals surface area contributed by atoms with Crippen molar-refractivity contribution in [3.63, 3.8) is 0 Å². The Kier molecular flexibility index (Phi) is 15.4. The summed E-state index contributed by atoms with van der Waals surface area (Å²) in [5.41, 5.74) is 5.27. The molecule has 0 bridgehead atoms. The molecule has 0 aliphatic carbocycles. The molecule has 0 saturated carbocycles. The Morgan fingerprint density at radius 2 is 1.50 bits per heavy atom. The molecule has 0 fully saturated rings. The summed E-state index contributed by atoms with van der Waals surface area (Å²) in [5, 5.41) is 0.744. The Labute approximate surface area is 294 Å². The normalized spacial score (nSPS) is 11.6. The van der Waals surface area contributed by atoms with Crippen LogP contribution in [0.1, 0.15) is 71.4 Å². The number of benzene rings is 3. The molecule has 8 heteroatoms. The van der Waals surface area contributed by atoms with Crippen molar-refractivity contribution in [1.82, 2.24) is 19.4 Å². The lowest BCUT2D eigenvalue weighted by molar-refractivity contribution is 0.248. The average Bonchev–Trinajstić information content (AvgIpc) is 3.48. The molecule has 4 rings (SSSR count). The Bertz CT molecular complexity index is 1530. The smallest absolute Gasteiger partial charge is 0.150 e. The molecule has 1 radical (unpaired) electrons. The molecule has 0 aliphatic rings. The third-order valence-electron chi connectivity index (χ3n) is 8.89. The number of unbranched alkanes of at least 4 members (excludes halogenated alkanes) is 1. The van der Waals surface area contributed by atoms with E-state index in [4.69, 9.17) is 30.8 Å². The predicted octanol–water partition coefficient (Wildman–Crippen LogP) is 9.33. The maximum absolute atomic E-state index is 6.55. The summed E-state index contributed by atoms with van der Waals surface area (Å²) in [4.78, 5) is 10.1. The molecule has 1 heterocycles. The zero-order valence-corrected chi connectivity index (χ0v) is 30.7. The SMILES string of the molecule is [CH2]CCOc1cc(OCCCN(CC)CC)cc2c1nc(-c1ccc(CN(CC)CC)c(OCCc3ccc(Cl)cc3)c1)n2CCCC. The molecule has 0 spiro atoms. The van der Waals surface area contributed by atoms with E-state index in [9.17, 15) is 0 Å². The standard InChI is InChI=1S/C40H56ClN4O3/c1-7-13-23-45-36-28-35(46-25-14-22-43(9-3)10-4)29-38(47-24-8-2)39(36)42-40(45)32-17-18-33(30-44(11-5)12-6)37(27-32)48-26-21-31-15-19-34(41)20-16-31/h15-20,27-29H,2,7-14,21-26,30H2,1,3-6H3. The minimum Gasteiger partial charge on any atom is -0.493 e. The van der Waals surface area contributed by atoms with E-state index in [0.717, 1.165) is 116 Å². The van der Waals surface area contributed by atoms with Gasteiger partial charge in [0.2, 0.25) is 0 Å². The molecule has 3 aromatic carbocycles. The van der Waals surface area contributed by atoms with Crippen molar-refractivity contribution < 1.29 is 14.2 Å². The van der Waals surface area contributed by atoms with E-state index in [1.807, 2.05) is 18.2 Å². The van der Waals surface area contributed by atoms with E-state index in [2.05, 4.69) is 92.3 Å². The van der Waals surface area contributed by atoms with Gasteiger partial charge < -0.3 is 23.7 Å². The van der Waals surface area contributed by atoms with E-state index in [1.165, 1.54) is 11.1 Å². The Morgan fingerprint density at radius 3 is 2.19 bits per heavy atom. The van der Waals surface area contributed by atoms with E-state index < -0.39 is 0 Å². The van der Waals surface area contributed by atoms with E-state index in [0.29, 0.717) is 26.2 Å². The van der Waals surface area contributed by atoms with Crippen molar-refractivity contribution in [1.29, 1.82) is 0 Å². The third-order valence-corrected chi connectivity index (χ3v) is 9.14. The molecule has 4 aromatic rings. The van der Waals surface area contributed by atoms with Crippen LogP contribution in [0.15, 0.2) is 54.6 Å². The van der Waals surface area contributed by atoms with E-state index >= 15 is 0 Å². The zero-order chi connectivity index (χ0) is 34.3. The number of hydrogen-bond donors (Lipinski definition) is 0. The highest BCUT2D eigenvalue weighted by Gasteiger charge is 2.20. The van der Waals surface area contributed by atoms with Crippen LogP contribution < -0.4 is 14.2 Å². The van der Waals surface area contributed by atoms with Crippen LogP contribution in [0.2, 0.25) is 5.02 Å². The van der Waals surface area contributed by atoms with E-state index in [1.54, 1.807) is 0 Å². The summed E-state index contributed by atoms with van der Waals surface area (Å²) < 4.78 is 21.5. The highest BCUT2D eigenvalue weighted by atomic mass is 35.5. The van der Waals surface area contributed by atoms with Crippen LogP contribution in [0.4, 0.5) is 0 Å². The Hall–Kier alpha value is -3.26. The molecule has 1 aromatic heterocycles. The van der Waals surface area contributed by atoms with Gasteiger partial charge in [0, 0.05) is 54.3 Å². The molecule has 7 nitrogen and oxygen atoms in total. The van der Waals surface area contributed by atoms with Gasteiger partial charge in [0.25, 0.3) is 0 Å². The number of ether oxygens (including phenoxy) is 3. The van der Waals surface area contributed by atoms with E-state index in [-0.39, 0.29) is 0 Å². The van der Waals surface area contributed by atoms with Gasteiger partial charge in [-0.3, -0.25) is 4.90 Å². The van der Waals surface area contributed by atoms with Crippen LogP contribution in [-0.4, -0.2) is 71.9 Å². The first-order chi connectivity index (χ1) is 23.4. The summed E-state index contributed by atoms with van der Waals surface area (Å²) in [6, 6.07) is 18.7. The number of aromatic nitrogens is 2. The van der Waals surface area contributed by atoms with Crippen molar-refractivity contribution in [2.45, 2.75) is 79.8 Å². The number of halogens is 1. The van der Waals surface area contributed by atoms with Gasteiger partial charge in [-0.25, -0.2) is 4.98 Å². The van der Waals surface area contributed by atoms with Gasteiger partial charge in [0.1, 0.15) is 22.8 Å². The van der Waals surface area contributed by atoms with Gasteiger partial charge in [-0.15, -0.1) is 0 Å². The van der Waals surface area contributed by atoms with Crippen LogP contribution in [-0.2, 0) is 19.5 Å². The van der Waals surface area contributed by atoms with Crippen molar-refractivity contribution in [3.05, 3.63) is 77.7 Å². The molecular formula is C40H56ClN4O3. The minimum absolute atomic E-state index is 0.517. The number of fused-ring (bicyclic) bond motifs is 1. The molecule has 0 N–H and O–H groups in total. The first kappa shape index (κ1) is 37.6. The summed E-state index contributed by atoms with van der Waals surface area (Å²) in [7, 11) is 0. The van der Waals surface area contributed by atoms with Crippen LogP contribution in [0.3, 0.4) is 0 Å². The molecular weight excluding hydrogens is 620 g/mol. The predicted molar refractivity (Wildman–Crippen MR) is 201 cm³/mol. The van der Waals surface area contributed by atoms with Crippen molar-refractivity contribution >= 4 is 22.6 Å². The van der Waals surface area contributed by atoms with Gasteiger partial charge in [-0.2, -0.15) is 0 Å². The van der Waals surface area contributed by atoms with Crippen molar-refractivity contribution in [2.24, 2.45) is 0 Å². The van der Waals surface area contributed by atoms with Crippen molar-refractivity contribution in [2.75, 3.05) is 52.5 Å². The Morgan fingerprint density at radius 1 is 0.771 bits per heavy atom. The first-order valence-corrected chi connectivity index (χ1v) is 18.4. The van der Waals surface area contributed by atoms with Crippen LogP contribution in [0.5, 0.6) is 17.2 Å². The maximum atomic E-state index is 6.55. The van der Waals surface area contributed by atoms with Crippen LogP contribution in [0, 0.1) is 6.92 Å². The second-order valence-electron chi connectivity index (χ2n) is 12.2. The molecule has 0 saturated heterocycles. The maximum Gasteiger partial charge on any atom is 0.150 e. The van der Waals surface area contributed by atoms with Gasteiger partial charge in [0.15, 0.2) is 5.75 Å².